The number of unbranched alkanes of at least 4 members (excludes halogenated alkanes) is 1. The number of carbonyl (C=O) groups excluding carboxylic acids is 1. The molecule has 3 nitrogen and oxygen atoms in total. The van der Waals surface area contributed by atoms with Gasteiger partial charge in [0, 0.05) is 0 Å². The molecule has 1 heterocycles. The summed E-state index contributed by atoms with van der Waals surface area (Å²) < 4.78 is 8.64. The summed E-state index contributed by atoms with van der Waals surface area (Å²) in [6.45, 7) is 3.91. The van der Waals surface area contributed by atoms with Crippen LogP contribution in [0.4, 0.5) is 0 Å². The minimum absolute atomic E-state index is 0.243. The van der Waals surface area contributed by atoms with Crippen molar-refractivity contribution in [2.24, 2.45) is 0 Å². The Morgan fingerprint density at radius 3 is 2.68 bits per heavy atom. The minimum atomic E-state index is -0.398. The molecule has 19 heavy (non-hydrogen) atoms. The molecule has 1 aromatic carbocycles. The maximum atomic E-state index is 11.8. The van der Waals surface area contributed by atoms with Crippen molar-refractivity contribution in [3.05, 3.63) is 34.0 Å². The molecule has 0 radical (unpaired) electrons. The van der Waals surface area contributed by atoms with Crippen LogP contribution in [0, 0.1) is 0 Å². The third-order valence-electron chi connectivity index (χ3n) is 3.10. The molecule has 0 unspecified atom stereocenters. The SMILES string of the molecule is CCCCN1C/C(=C/[Te]c2ccc(OC)cc2)C1=O. The van der Waals surface area contributed by atoms with Crippen molar-refractivity contribution in [2.45, 2.75) is 19.8 Å². The molecule has 102 valence electrons. The molecule has 1 saturated heterocycles. The summed E-state index contributed by atoms with van der Waals surface area (Å²) in [4.78, 5) is 13.8. The Balaban J connectivity index is 1.85. The van der Waals surface area contributed by atoms with Gasteiger partial charge in [-0.1, -0.05) is 0 Å². The van der Waals surface area contributed by atoms with Gasteiger partial charge in [-0.3, -0.25) is 0 Å². The summed E-state index contributed by atoms with van der Waals surface area (Å²) in [7, 11) is 1.67. The maximum absolute atomic E-state index is 11.8. The zero-order valence-electron chi connectivity index (χ0n) is 11.4. The third-order valence-corrected chi connectivity index (χ3v) is 5.80. The van der Waals surface area contributed by atoms with Crippen molar-refractivity contribution in [2.75, 3.05) is 20.2 Å². The van der Waals surface area contributed by atoms with Crippen LogP contribution in [0.1, 0.15) is 19.8 Å². The van der Waals surface area contributed by atoms with Gasteiger partial charge in [0.1, 0.15) is 0 Å². The zero-order valence-corrected chi connectivity index (χ0v) is 13.7. The number of rotatable bonds is 6. The molecule has 0 bridgehead atoms. The van der Waals surface area contributed by atoms with E-state index in [4.69, 9.17) is 4.74 Å². The van der Waals surface area contributed by atoms with Crippen molar-refractivity contribution in [3.8, 4) is 5.75 Å². The Labute approximate surface area is 124 Å². The first-order chi connectivity index (χ1) is 9.24. The van der Waals surface area contributed by atoms with Crippen LogP contribution < -0.4 is 8.35 Å². The first kappa shape index (κ1) is 14.4. The van der Waals surface area contributed by atoms with E-state index < -0.39 is 20.9 Å². The molecule has 0 spiro atoms. The summed E-state index contributed by atoms with van der Waals surface area (Å²) in [5.74, 6) is 1.13. The molecule has 4 heteroatoms. The monoisotopic (exact) mass is 375 g/mol. The topological polar surface area (TPSA) is 29.5 Å². The van der Waals surface area contributed by atoms with Crippen LogP contribution in [0.2, 0.25) is 0 Å². The van der Waals surface area contributed by atoms with Crippen molar-refractivity contribution >= 4 is 30.4 Å². The van der Waals surface area contributed by atoms with Gasteiger partial charge < -0.3 is 0 Å². The first-order valence-corrected chi connectivity index (χ1v) is 9.04. The number of nitrogens with zero attached hydrogens (tertiary/aromatic N) is 1. The molecule has 1 fully saturated rings. The van der Waals surface area contributed by atoms with Crippen LogP contribution in [0.15, 0.2) is 34.0 Å². The van der Waals surface area contributed by atoms with Crippen molar-refractivity contribution in [1.29, 1.82) is 0 Å². The molecular weight excluding hydrogens is 354 g/mol. The number of β-lactam (4-membered cyclic amide) rings is 1. The normalized spacial score (nSPS) is 16.6. The van der Waals surface area contributed by atoms with Gasteiger partial charge in [-0.25, -0.2) is 0 Å². The summed E-state index contributed by atoms with van der Waals surface area (Å²) in [5.41, 5.74) is 1.01. The van der Waals surface area contributed by atoms with Crippen LogP contribution in [0.3, 0.4) is 0 Å². The van der Waals surface area contributed by atoms with Gasteiger partial charge >= 0.3 is 125 Å². The molecule has 1 amide bonds. The van der Waals surface area contributed by atoms with Gasteiger partial charge in [0.25, 0.3) is 0 Å². The summed E-state index contributed by atoms with van der Waals surface area (Å²) in [6, 6.07) is 8.15. The van der Waals surface area contributed by atoms with Crippen LogP contribution in [0.25, 0.3) is 0 Å². The molecule has 0 N–H and O–H groups in total. The number of hydrogen-bond donors (Lipinski definition) is 0. The fraction of sp³-hybridized carbons (Fsp3) is 0.400. The summed E-state index contributed by atoms with van der Waals surface area (Å²) >= 11 is -0.398. The van der Waals surface area contributed by atoms with E-state index >= 15 is 0 Å². The number of hydrogen-bond acceptors (Lipinski definition) is 2. The Morgan fingerprint density at radius 2 is 2.11 bits per heavy atom. The van der Waals surface area contributed by atoms with E-state index in [2.05, 4.69) is 23.2 Å². The third kappa shape index (κ3) is 3.74. The number of likely N-dealkylation sites (tertiary alicyclic amines) is 1. The van der Waals surface area contributed by atoms with Gasteiger partial charge in [-0.05, 0) is 0 Å². The van der Waals surface area contributed by atoms with Crippen molar-refractivity contribution in [1.82, 2.24) is 4.90 Å². The van der Waals surface area contributed by atoms with Crippen LogP contribution >= 0.6 is 0 Å². The molecule has 0 atom stereocenters. The second-order valence-electron chi connectivity index (χ2n) is 4.52. The number of methoxy groups -OCH3 is 1. The van der Waals surface area contributed by atoms with E-state index in [-0.39, 0.29) is 5.91 Å². The quantitative estimate of drug-likeness (QED) is 0.431. The van der Waals surface area contributed by atoms with E-state index in [1.807, 2.05) is 17.0 Å². The van der Waals surface area contributed by atoms with Gasteiger partial charge in [0.2, 0.25) is 0 Å². The molecule has 0 aromatic heterocycles. The van der Waals surface area contributed by atoms with Crippen LogP contribution in [0.5, 0.6) is 5.75 Å². The molecular formula is C15H19NO2Te. The molecule has 0 saturated carbocycles. The second kappa shape index (κ2) is 6.98. The molecule has 2 rings (SSSR count). The van der Waals surface area contributed by atoms with E-state index in [0.29, 0.717) is 0 Å². The van der Waals surface area contributed by atoms with Gasteiger partial charge in [0.05, 0.1) is 0 Å². The van der Waals surface area contributed by atoms with Crippen molar-refractivity contribution in [3.63, 3.8) is 0 Å². The molecule has 1 aliphatic rings. The van der Waals surface area contributed by atoms with Crippen LogP contribution in [-0.2, 0) is 4.79 Å². The second-order valence-corrected chi connectivity index (χ2v) is 7.21. The van der Waals surface area contributed by atoms with E-state index in [1.54, 1.807) is 7.11 Å². The summed E-state index contributed by atoms with van der Waals surface area (Å²) in [5, 5.41) is 0. The summed E-state index contributed by atoms with van der Waals surface area (Å²) in [6.07, 6.45) is 2.25. The number of benzene rings is 1. The standard InChI is InChI=1S/C15H19NO2Te/c1-3-4-9-16-10-12(15(16)17)11-19-14-7-5-13(18-2)6-8-14/h5-8,11H,3-4,9-10H2,1-2H3/b12-11-. The molecule has 1 aromatic rings. The average Bonchev–Trinajstić information content (AvgIpc) is 2.46. The predicted molar refractivity (Wildman–Crippen MR) is 78.0 cm³/mol. The number of amides is 1. The van der Waals surface area contributed by atoms with Crippen molar-refractivity contribution < 1.29 is 9.53 Å². The predicted octanol–water partition coefficient (Wildman–Crippen LogP) is 1.55. The fourth-order valence-electron chi connectivity index (χ4n) is 1.87. The number of carbonyl (C=O) groups is 1. The Hall–Kier alpha value is -0.980. The van der Waals surface area contributed by atoms with E-state index in [0.717, 1.165) is 37.3 Å². The Morgan fingerprint density at radius 1 is 1.37 bits per heavy atom. The zero-order chi connectivity index (χ0) is 13.7. The number of ether oxygens (including phenoxy) is 1. The molecule has 1 aliphatic heterocycles. The average molecular weight is 373 g/mol. The molecule has 0 aliphatic carbocycles. The van der Waals surface area contributed by atoms with E-state index in [1.165, 1.54) is 3.61 Å². The van der Waals surface area contributed by atoms with Gasteiger partial charge in [-0.2, -0.15) is 0 Å². The van der Waals surface area contributed by atoms with E-state index in [9.17, 15) is 4.79 Å². The Kier molecular flexibility index (Phi) is 5.30. The van der Waals surface area contributed by atoms with Crippen LogP contribution in [-0.4, -0.2) is 51.9 Å². The fourth-order valence-corrected chi connectivity index (χ4v) is 4.00. The Bertz CT molecular complexity index is 468. The first-order valence-electron chi connectivity index (χ1n) is 6.53. The van der Waals surface area contributed by atoms with Gasteiger partial charge in [0.15, 0.2) is 0 Å². The van der Waals surface area contributed by atoms with Gasteiger partial charge in [-0.15, -0.1) is 0 Å².